The molecule has 1 aromatic rings. The topological polar surface area (TPSA) is 86.7 Å². The number of hydrogen-bond acceptors (Lipinski definition) is 3. The van der Waals surface area contributed by atoms with Crippen LogP contribution in [0, 0.1) is 0 Å². The molecule has 0 aliphatic rings. The van der Waals surface area contributed by atoms with E-state index in [9.17, 15) is 14.4 Å². The minimum absolute atomic E-state index is 0.239. The van der Waals surface area contributed by atoms with Crippen molar-refractivity contribution in [1.29, 1.82) is 0 Å². The maximum Gasteiger partial charge on any atom is 0.323 e. The Hall–Kier alpha value is -2.37. The molecule has 6 nitrogen and oxygen atoms in total. The van der Waals surface area contributed by atoms with Crippen molar-refractivity contribution in [3.05, 3.63) is 35.4 Å². The van der Waals surface area contributed by atoms with Crippen LogP contribution in [0.25, 0.3) is 0 Å². The van der Waals surface area contributed by atoms with Crippen LogP contribution in [0.5, 0.6) is 0 Å². The van der Waals surface area contributed by atoms with E-state index in [-0.39, 0.29) is 18.4 Å². The molecule has 1 rings (SSSR count). The molecule has 0 spiro atoms. The molecule has 0 bridgehead atoms. The Kier molecular flexibility index (Phi) is 7.08. The number of benzene rings is 1. The summed E-state index contributed by atoms with van der Waals surface area (Å²) in [7, 11) is 0. The normalized spacial score (nSPS) is 10.1. The van der Waals surface area contributed by atoms with Crippen LogP contribution in [-0.2, 0) is 4.79 Å². The first-order valence-corrected chi connectivity index (χ1v) is 7.38. The molecule has 0 saturated carbocycles. The van der Waals surface area contributed by atoms with Gasteiger partial charge in [0.2, 0.25) is 0 Å². The van der Waals surface area contributed by atoms with Crippen molar-refractivity contribution in [1.82, 2.24) is 10.2 Å². The standard InChI is InChI=1S/C16H22N2O4/c1-3-8-17-15(21)12-6-5-7-13(10-12)16(22)18(9-4-2)11-14(19)20/h5-7,10H,3-4,8-9,11H2,1-2H3,(H,17,21)(H,19,20). The third-order valence-corrected chi connectivity index (χ3v) is 3.01. The van der Waals surface area contributed by atoms with Crippen LogP contribution in [-0.4, -0.2) is 47.4 Å². The fraction of sp³-hybridized carbons (Fsp3) is 0.438. The highest BCUT2D eigenvalue weighted by Gasteiger charge is 2.18. The maximum atomic E-state index is 12.4. The van der Waals surface area contributed by atoms with Gasteiger partial charge in [0.1, 0.15) is 6.54 Å². The van der Waals surface area contributed by atoms with E-state index < -0.39 is 5.97 Å². The number of hydrogen-bond donors (Lipinski definition) is 2. The third-order valence-electron chi connectivity index (χ3n) is 3.01. The second-order valence-corrected chi connectivity index (χ2v) is 4.96. The number of carboxylic acid groups (broad SMARTS) is 1. The van der Waals surface area contributed by atoms with E-state index in [1.165, 1.54) is 11.0 Å². The summed E-state index contributed by atoms with van der Waals surface area (Å²) in [5.74, 6) is -1.68. The fourth-order valence-corrected chi connectivity index (χ4v) is 2.00. The first kappa shape index (κ1) is 17.7. The lowest BCUT2D eigenvalue weighted by molar-refractivity contribution is -0.137. The number of carbonyl (C=O) groups is 3. The first-order valence-electron chi connectivity index (χ1n) is 7.38. The van der Waals surface area contributed by atoms with E-state index in [0.29, 0.717) is 30.6 Å². The van der Waals surface area contributed by atoms with Crippen molar-refractivity contribution in [2.24, 2.45) is 0 Å². The monoisotopic (exact) mass is 306 g/mol. The Labute approximate surface area is 130 Å². The van der Waals surface area contributed by atoms with Crippen LogP contribution >= 0.6 is 0 Å². The molecule has 2 N–H and O–H groups in total. The molecule has 0 fully saturated rings. The van der Waals surface area contributed by atoms with Gasteiger partial charge < -0.3 is 15.3 Å². The summed E-state index contributed by atoms with van der Waals surface area (Å²) < 4.78 is 0. The van der Waals surface area contributed by atoms with Crippen LogP contribution in [0.4, 0.5) is 0 Å². The predicted molar refractivity (Wildman–Crippen MR) is 82.9 cm³/mol. The van der Waals surface area contributed by atoms with Gasteiger partial charge in [-0.25, -0.2) is 0 Å². The molecule has 0 radical (unpaired) electrons. The molecule has 0 atom stereocenters. The number of amides is 2. The van der Waals surface area contributed by atoms with Crippen molar-refractivity contribution in [2.75, 3.05) is 19.6 Å². The van der Waals surface area contributed by atoms with Gasteiger partial charge in [0.25, 0.3) is 11.8 Å². The molecule has 22 heavy (non-hydrogen) atoms. The average molecular weight is 306 g/mol. The number of carbonyl (C=O) groups excluding carboxylic acids is 2. The molecule has 1 aromatic carbocycles. The highest BCUT2D eigenvalue weighted by atomic mass is 16.4. The third kappa shape index (κ3) is 5.20. The molecule has 120 valence electrons. The summed E-state index contributed by atoms with van der Waals surface area (Å²) in [6, 6.07) is 6.34. The Balaban J connectivity index is 2.92. The molecule has 0 unspecified atom stereocenters. The summed E-state index contributed by atoms with van der Waals surface area (Å²) in [6.07, 6.45) is 1.49. The number of nitrogens with one attached hydrogen (secondary N) is 1. The summed E-state index contributed by atoms with van der Waals surface area (Å²) >= 11 is 0. The SMILES string of the molecule is CCCNC(=O)c1cccc(C(=O)N(CCC)CC(=O)O)c1. The van der Waals surface area contributed by atoms with E-state index in [4.69, 9.17) is 5.11 Å². The van der Waals surface area contributed by atoms with Crippen LogP contribution in [0.2, 0.25) is 0 Å². The summed E-state index contributed by atoms with van der Waals surface area (Å²) in [5, 5.41) is 11.6. The average Bonchev–Trinajstić information content (AvgIpc) is 2.51. The fourth-order valence-electron chi connectivity index (χ4n) is 2.00. The van der Waals surface area contributed by atoms with E-state index >= 15 is 0 Å². The van der Waals surface area contributed by atoms with Gasteiger partial charge in [-0.15, -0.1) is 0 Å². The van der Waals surface area contributed by atoms with Crippen LogP contribution in [0.1, 0.15) is 47.4 Å². The van der Waals surface area contributed by atoms with E-state index in [1.807, 2.05) is 13.8 Å². The molecule has 0 aliphatic carbocycles. The number of aliphatic carboxylic acids is 1. The largest absolute Gasteiger partial charge is 0.480 e. The zero-order valence-electron chi connectivity index (χ0n) is 13.0. The lowest BCUT2D eigenvalue weighted by atomic mass is 10.1. The van der Waals surface area contributed by atoms with E-state index in [0.717, 1.165) is 6.42 Å². The van der Waals surface area contributed by atoms with Gasteiger partial charge in [-0.2, -0.15) is 0 Å². The van der Waals surface area contributed by atoms with Crippen LogP contribution in [0.15, 0.2) is 24.3 Å². The van der Waals surface area contributed by atoms with Gasteiger partial charge in [0.05, 0.1) is 0 Å². The molecular formula is C16H22N2O4. The number of rotatable bonds is 8. The molecule has 6 heteroatoms. The first-order chi connectivity index (χ1) is 10.5. The quantitative estimate of drug-likeness (QED) is 0.766. The summed E-state index contributed by atoms with van der Waals surface area (Å²) in [5.41, 5.74) is 0.713. The number of nitrogens with zero attached hydrogens (tertiary/aromatic N) is 1. The Morgan fingerprint density at radius 1 is 1.14 bits per heavy atom. The zero-order valence-corrected chi connectivity index (χ0v) is 13.0. The molecule has 0 heterocycles. The molecule has 2 amide bonds. The second kappa shape index (κ2) is 8.81. The number of carboxylic acids is 1. The van der Waals surface area contributed by atoms with Crippen LogP contribution in [0.3, 0.4) is 0 Å². The van der Waals surface area contributed by atoms with Gasteiger partial charge in [0, 0.05) is 24.2 Å². The maximum absolute atomic E-state index is 12.4. The lowest BCUT2D eigenvalue weighted by Gasteiger charge is -2.20. The minimum Gasteiger partial charge on any atom is -0.480 e. The molecule has 0 saturated heterocycles. The van der Waals surface area contributed by atoms with Crippen LogP contribution < -0.4 is 5.32 Å². The predicted octanol–water partition coefficient (Wildman–Crippen LogP) is 1.76. The molecule has 0 aromatic heterocycles. The Bertz CT molecular complexity index is 543. The zero-order chi connectivity index (χ0) is 16.5. The van der Waals surface area contributed by atoms with Crippen molar-refractivity contribution in [2.45, 2.75) is 26.7 Å². The van der Waals surface area contributed by atoms with Crippen molar-refractivity contribution in [3.63, 3.8) is 0 Å². The summed E-state index contributed by atoms with van der Waals surface area (Å²) in [4.78, 5) is 36.4. The Morgan fingerprint density at radius 2 is 1.82 bits per heavy atom. The highest BCUT2D eigenvalue weighted by Crippen LogP contribution is 2.09. The van der Waals surface area contributed by atoms with Gasteiger partial charge in [-0.1, -0.05) is 19.9 Å². The molecule has 0 aliphatic heterocycles. The minimum atomic E-state index is -1.06. The Morgan fingerprint density at radius 3 is 2.41 bits per heavy atom. The van der Waals surface area contributed by atoms with Crippen molar-refractivity contribution in [3.8, 4) is 0 Å². The van der Waals surface area contributed by atoms with Gasteiger partial charge in [-0.3, -0.25) is 14.4 Å². The highest BCUT2D eigenvalue weighted by molar-refractivity contribution is 6.00. The molecular weight excluding hydrogens is 284 g/mol. The van der Waals surface area contributed by atoms with E-state index in [1.54, 1.807) is 18.2 Å². The van der Waals surface area contributed by atoms with Gasteiger partial charge in [0.15, 0.2) is 0 Å². The van der Waals surface area contributed by atoms with Crippen molar-refractivity contribution >= 4 is 17.8 Å². The van der Waals surface area contributed by atoms with Gasteiger partial charge in [-0.05, 0) is 31.0 Å². The van der Waals surface area contributed by atoms with Crippen molar-refractivity contribution < 1.29 is 19.5 Å². The van der Waals surface area contributed by atoms with Gasteiger partial charge >= 0.3 is 5.97 Å². The summed E-state index contributed by atoms with van der Waals surface area (Å²) in [6.45, 7) is 4.40. The second-order valence-electron chi connectivity index (χ2n) is 4.96. The lowest BCUT2D eigenvalue weighted by Crippen LogP contribution is -2.36. The smallest absolute Gasteiger partial charge is 0.323 e. The van der Waals surface area contributed by atoms with E-state index in [2.05, 4.69) is 5.32 Å².